The highest BCUT2D eigenvalue weighted by Gasteiger charge is 2.46. The summed E-state index contributed by atoms with van der Waals surface area (Å²) in [5.41, 5.74) is 3.79. The molecule has 1 aromatic heterocycles. The van der Waals surface area contributed by atoms with Gasteiger partial charge < -0.3 is 15.9 Å². The van der Waals surface area contributed by atoms with E-state index < -0.39 is 29.0 Å². The largest absolute Gasteiger partial charge is 0.480 e. The number of hydrogen-bond acceptors (Lipinski definition) is 8. The summed E-state index contributed by atoms with van der Waals surface area (Å²) >= 11 is 1.26. The van der Waals surface area contributed by atoms with Crippen LogP contribution in [0.5, 0.6) is 0 Å². The number of nitrogens with zero attached hydrogens (tertiary/aromatic N) is 4. The maximum Gasteiger partial charge on any atom is 0.433 e. The molecular formula is C24H24F3N5O3S. The minimum absolute atomic E-state index is 0.0233. The third-order valence-electron chi connectivity index (χ3n) is 6.14. The van der Waals surface area contributed by atoms with Gasteiger partial charge in [-0.1, -0.05) is 23.8 Å². The summed E-state index contributed by atoms with van der Waals surface area (Å²) in [5, 5.41) is 21.3. The first-order valence-electron chi connectivity index (χ1n) is 11.1. The number of carboxylic acids is 1. The molecule has 1 aliphatic carbocycles. The number of carbonyl (C=O) groups is 1. The number of carboxylic acid groups (broad SMARTS) is 1. The highest BCUT2D eigenvalue weighted by Crippen LogP contribution is 2.43. The van der Waals surface area contributed by atoms with Gasteiger partial charge in [0.15, 0.2) is 0 Å². The van der Waals surface area contributed by atoms with Crippen LogP contribution in [0.15, 0.2) is 57.6 Å². The topological polar surface area (TPSA) is 134 Å². The molecule has 1 saturated carbocycles. The lowest BCUT2D eigenvalue weighted by Crippen LogP contribution is -2.53. The Bertz CT molecular complexity index is 1340. The predicted molar refractivity (Wildman–Crippen MR) is 130 cm³/mol. The van der Waals surface area contributed by atoms with Gasteiger partial charge in [-0.3, -0.25) is 4.79 Å². The lowest BCUT2D eigenvalue weighted by Gasteiger charge is -2.38. The number of guanidine groups is 1. The zero-order chi connectivity index (χ0) is 26.1. The van der Waals surface area contributed by atoms with Crippen molar-refractivity contribution < 1.29 is 28.2 Å². The van der Waals surface area contributed by atoms with Crippen molar-refractivity contribution in [1.29, 1.82) is 0 Å². The third kappa shape index (κ3) is 5.61. The Hall–Kier alpha value is -3.22. The van der Waals surface area contributed by atoms with Gasteiger partial charge in [0, 0.05) is 6.20 Å². The van der Waals surface area contributed by atoms with Crippen molar-refractivity contribution >= 4 is 29.0 Å². The van der Waals surface area contributed by atoms with Crippen LogP contribution in [0, 0.1) is 6.92 Å². The van der Waals surface area contributed by atoms with Crippen molar-refractivity contribution in [3.63, 3.8) is 0 Å². The van der Waals surface area contributed by atoms with Crippen LogP contribution in [0.1, 0.15) is 36.3 Å². The van der Waals surface area contributed by atoms with E-state index in [1.165, 1.54) is 17.4 Å². The number of aliphatic imine (C=N–C) groups is 2. The number of thiazole rings is 1. The molecule has 0 bridgehead atoms. The number of aromatic nitrogens is 1. The zero-order valence-electron chi connectivity index (χ0n) is 19.3. The number of nitrogens with two attached hydrogens (primary N) is 1. The number of allylic oxidation sites excluding steroid dienone is 1. The van der Waals surface area contributed by atoms with Gasteiger partial charge >= 0.3 is 12.1 Å². The average molecular weight is 520 g/mol. The fourth-order valence-corrected chi connectivity index (χ4v) is 4.99. The second kappa shape index (κ2) is 9.68. The van der Waals surface area contributed by atoms with Crippen LogP contribution in [0.4, 0.5) is 13.2 Å². The maximum atomic E-state index is 13.2. The van der Waals surface area contributed by atoms with Gasteiger partial charge in [-0.25, -0.2) is 20.0 Å². The lowest BCUT2D eigenvalue weighted by atomic mass is 9.75. The minimum atomic E-state index is -4.62. The Balaban J connectivity index is 1.67. The van der Waals surface area contributed by atoms with Crippen molar-refractivity contribution in [2.45, 2.75) is 49.9 Å². The molecule has 1 aromatic carbocycles. The number of hydrogen-bond donors (Lipinski definition) is 3. The third-order valence-corrected chi connectivity index (χ3v) is 7.38. The van der Waals surface area contributed by atoms with Gasteiger partial charge in [0.1, 0.15) is 21.9 Å². The van der Waals surface area contributed by atoms with E-state index in [0.717, 1.165) is 11.6 Å². The Morgan fingerprint density at radius 3 is 2.58 bits per heavy atom. The highest BCUT2D eigenvalue weighted by molar-refractivity contribution is 7.15. The first-order chi connectivity index (χ1) is 16.9. The molecule has 0 saturated heterocycles. The number of alkyl halides is 3. The van der Waals surface area contributed by atoms with E-state index in [9.17, 15) is 28.2 Å². The van der Waals surface area contributed by atoms with Crippen molar-refractivity contribution in [2.24, 2.45) is 20.7 Å². The van der Waals surface area contributed by atoms with Crippen LogP contribution < -0.4 is 11.1 Å². The molecule has 1 fully saturated rings. The first-order valence-corrected chi connectivity index (χ1v) is 11.9. The fraction of sp³-hybridized carbons (Fsp3) is 0.375. The van der Waals surface area contributed by atoms with E-state index in [2.05, 4.69) is 20.0 Å². The van der Waals surface area contributed by atoms with Crippen LogP contribution in [-0.4, -0.2) is 51.1 Å². The van der Waals surface area contributed by atoms with Gasteiger partial charge in [-0.15, -0.1) is 11.3 Å². The van der Waals surface area contributed by atoms with Gasteiger partial charge in [0.05, 0.1) is 16.8 Å². The molecule has 8 nitrogen and oxygen atoms in total. The van der Waals surface area contributed by atoms with Crippen LogP contribution >= 0.6 is 11.3 Å². The van der Waals surface area contributed by atoms with E-state index in [1.54, 1.807) is 24.4 Å². The number of rotatable bonds is 3. The molecule has 0 radical (unpaired) electrons. The molecule has 2 aromatic rings. The molecular weight excluding hydrogens is 495 g/mol. The maximum absolute atomic E-state index is 13.2. The number of aliphatic carboxylic acids is 1. The van der Waals surface area contributed by atoms with E-state index in [0.29, 0.717) is 20.8 Å². The Morgan fingerprint density at radius 1 is 1.19 bits per heavy atom. The summed E-state index contributed by atoms with van der Waals surface area (Å²) < 4.78 is 39.5. The molecule has 4 N–H and O–H groups in total. The molecule has 2 heterocycles. The van der Waals surface area contributed by atoms with E-state index >= 15 is 0 Å². The molecule has 2 aliphatic rings. The van der Waals surface area contributed by atoms with Crippen LogP contribution in [0.3, 0.4) is 0 Å². The fourth-order valence-electron chi connectivity index (χ4n) is 3.94. The van der Waals surface area contributed by atoms with Gasteiger partial charge in [-0.05, 0) is 56.4 Å². The van der Waals surface area contributed by atoms with Crippen molar-refractivity contribution in [3.8, 4) is 10.4 Å². The Labute approximate surface area is 208 Å². The molecule has 36 heavy (non-hydrogen) atoms. The molecule has 4 rings (SSSR count). The lowest BCUT2D eigenvalue weighted by molar-refractivity contribution is -0.147. The minimum Gasteiger partial charge on any atom is -0.480 e. The summed E-state index contributed by atoms with van der Waals surface area (Å²) in [4.78, 5) is 28.4. The average Bonchev–Trinajstić information content (AvgIpc) is 3.09. The molecule has 12 heteroatoms. The summed E-state index contributed by atoms with van der Waals surface area (Å²) in [6.07, 6.45) is -0.294. The number of halogens is 3. The van der Waals surface area contributed by atoms with Crippen molar-refractivity contribution in [2.75, 3.05) is 6.54 Å². The normalized spacial score (nSPS) is 25.2. The zero-order valence-corrected chi connectivity index (χ0v) is 20.1. The van der Waals surface area contributed by atoms with E-state index in [1.807, 2.05) is 13.0 Å². The van der Waals surface area contributed by atoms with Gasteiger partial charge in [0.25, 0.3) is 0 Å². The van der Waals surface area contributed by atoms with Crippen LogP contribution in [0.25, 0.3) is 10.4 Å². The van der Waals surface area contributed by atoms with Crippen molar-refractivity contribution in [3.05, 3.63) is 58.5 Å². The van der Waals surface area contributed by atoms with Crippen LogP contribution in [-0.2, 0) is 10.4 Å². The number of aliphatic hydroxyl groups is 1. The standard InChI is InChI=1S/C24H24F3N5O3S/c1-14-4-5-16(31-21-29-10-2-3-18(32-21)24(25,26)27)12-15(11-14)17-13-30-19(36-17)23(35)8-6-22(28,7-9-23)20(33)34/h2-5,11-13,35H,6-10,28H2,1H3,(H,33,34). The van der Waals surface area contributed by atoms with Gasteiger partial charge in [0.2, 0.25) is 5.96 Å². The SMILES string of the molecule is Cc1ccc(=NC2=NCC=CC(C(F)(F)F)=N2)cc(-c2cnc(C3(O)CCC(N)(C(=O)O)CC3)s2)c1. The first kappa shape index (κ1) is 25.9. The second-order valence-electron chi connectivity index (χ2n) is 8.92. The molecule has 0 amide bonds. The summed E-state index contributed by atoms with van der Waals surface area (Å²) in [7, 11) is 0. The number of aryl methyl sites for hydroxylation is 1. The van der Waals surface area contributed by atoms with Gasteiger partial charge in [-0.2, -0.15) is 13.2 Å². The smallest absolute Gasteiger partial charge is 0.433 e. The quantitative estimate of drug-likeness (QED) is 0.571. The van der Waals surface area contributed by atoms with E-state index in [4.69, 9.17) is 5.73 Å². The van der Waals surface area contributed by atoms with Crippen molar-refractivity contribution in [1.82, 2.24) is 4.98 Å². The summed E-state index contributed by atoms with van der Waals surface area (Å²) in [5.74, 6) is -1.37. The predicted octanol–water partition coefficient (Wildman–Crippen LogP) is 3.49. The summed E-state index contributed by atoms with van der Waals surface area (Å²) in [6, 6.07) is 6.99. The molecule has 190 valence electrons. The molecule has 0 unspecified atom stereocenters. The van der Waals surface area contributed by atoms with E-state index in [-0.39, 0.29) is 38.2 Å². The second-order valence-corrected chi connectivity index (χ2v) is 9.95. The molecule has 0 spiro atoms. The molecule has 0 atom stereocenters. The summed E-state index contributed by atoms with van der Waals surface area (Å²) in [6.45, 7) is 1.89. The highest BCUT2D eigenvalue weighted by atomic mass is 32.1. The molecule has 1 aliphatic heterocycles. The Morgan fingerprint density at radius 2 is 1.92 bits per heavy atom. The monoisotopic (exact) mass is 519 g/mol. The Kier molecular flexibility index (Phi) is 6.95. The van der Waals surface area contributed by atoms with Crippen LogP contribution in [0.2, 0.25) is 0 Å².